The lowest BCUT2D eigenvalue weighted by atomic mass is 10.1. The van der Waals surface area contributed by atoms with Gasteiger partial charge in [-0.2, -0.15) is 0 Å². The molecule has 0 saturated carbocycles. The molecule has 1 amide bonds. The summed E-state index contributed by atoms with van der Waals surface area (Å²) in [7, 11) is 0. The van der Waals surface area contributed by atoms with E-state index in [0.717, 1.165) is 6.42 Å². The largest absolute Gasteiger partial charge is 0.508 e. The zero-order valence-corrected chi connectivity index (χ0v) is 12.9. The van der Waals surface area contributed by atoms with E-state index in [1.807, 2.05) is 31.2 Å². The highest BCUT2D eigenvalue weighted by Crippen LogP contribution is 2.10. The topological polar surface area (TPSA) is 75.6 Å². The molecule has 2 aromatic carbocycles. The first-order valence-corrected chi connectivity index (χ1v) is 7.33. The molecule has 5 nitrogen and oxygen atoms in total. The van der Waals surface area contributed by atoms with Crippen molar-refractivity contribution in [3.63, 3.8) is 0 Å². The number of carbonyl (C=O) groups is 2. The Hall–Kier alpha value is -2.82. The van der Waals surface area contributed by atoms with Crippen LogP contribution in [0.15, 0.2) is 48.5 Å². The van der Waals surface area contributed by atoms with E-state index in [4.69, 9.17) is 9.84 Å². The minimum atomic E-state index is -0.598. The van der Waals surface area contributed by atoms with Gasteiger partial charge in [0.05, 0.1) is 5.56 Å². The predicted octanol–water partition coefficient (Wildman–Crippen LogP) is 2.22. The minimum absolute atomic E-state index is 0.0653. The molecule has 0 fully saturated rings. The number of benzene rings is 2. The summed E-state index contributed by atoms with van der Waals surface area (Å²) in [4.78, 5) is 23.4. The highest BCUT2D eigenvalue weighted by Gasteiger charge is 2.10. The number of carbonyl (C=O) groups excluding carboxylic acids is 2. The van der Waals surface area contributed by atoms with Crippen molar-refractivity contribution in [3.05, 3.63) is 65.2 Å². The molecule has 0 aliphatic rings. The van der Waals surface area contributed by atoms with Gasteiger partial charge in [0.15, 0.2) is 6.61 Å². The van der Waals surface area contributed by atoms with Crippen molar-refractivity contribution >= 4 is 11.9 Å². The fourth-order valence-corrected chi connectivity index (χ4v) is 2.09. The summed E-state index contributed by atoms with van der Waals surface area (Å²) in [5.41, 5.74) is 2.64. The SMILES string of the molecule is Cc1ccccc1CCNC(=O)COC(=O)c1ccc(O)cc1. The summed E-state index contributed by atoms with van der Waals surface area (Å²) in [6.45, 7) is 2.19. The quantitative estimate of drug-likeness (QED) is 0.802. The fraction of sp³-hybridized carbons (Fsp3) is 0.222. The summed E-state index contributed by atoms with van der Waals surface area (Å²) in [5.74, 6) is -0.875. The van der Waals surface area contributed by atoms with E-state index in [9.17, 15) is 9.59 Å². The molecule has 2 rings (SSSR count). The van der Waals surface area contributed by atoms with E-state index in [0.29, 0.717) is 6.54 Å². The molecular weight excluding hydrogens is 294 g/mol. The maximum absolute atomic E-state index is 11.7. The highest BCUT2D eigenvalue weighted by molar-refractivity contribution is 5.91. The Bertz CT molecular complexity index is 680. The average Bonchev–Trinajstić information content (AvgIpc) is 2.55. The van der Waals surface area contributed by atoms with Gasteiger partial charge in [-0.25, -0.2) is 4.79 Å². The van der Waals surface area contributed by atoms with Gasteiger partial charge in [-0.15, -0.1) is 0 Å². The van der Waals surface area contributed by atoms with E-state index in [2.05, 4.69) is 5.32 Å². The second-order valence-corrected chi connectivity index (χ2v) is 5.15. The molecule has 2 N–H and O–H groups in total. The summed E-state index contributed by atoms with van der Waals surface area (Å²) >= 11 is 0. The number of phenols is 1. The molecule has 0 aromatic heterocycles. The Kier molecular flexibility index (Phi) is 5.74. The molecule has 0 heterocycles. The molecule has 5 heteroatoms. The predicted molar refractivity (Wildman–Crippen MR) is 86.3 cm³/mol. The molecular formula is C18H19NO4. The van der Waals surface area contributed by atoms with Crippen molar-refractivity contribution in [1.29, 1.82) is 0 Å². The maximum atomic E-state index is 11.7. The van der Waals surface area contributed by atoms with Crippen LogP contribution in [-0.4, -0.2) is 30.1 Å². The summed E-state index contributed by atoms with van der Waals surface area (Å²) in [6, 6.07) is 13.6. The smallest absolute Gasteiger partial charge is 0.338 e. The van der Waals surface area contributed by atoms with Crippen LogP contribution in [0.5, 0.6) is 5.75 Å². The van der Waals surface area contributed by atoms with Gasteiger partial charge in [-0.05, 0) is 48.7 Å². The summed E-state index contributed by atoms with van der Waals surface area (Å²) in [5, 5.41) is 11.9. The second kappa shape index (κ2) is 7.98. The van der Waals surface area contributed by atoms with E-state index >= 15 is 0 Å². The molecule has 23 heavy (non-hydrogen) atoms. The van der Waals surface area contributed by atoms with E-state index in [1.54, 1.807) is 0 Å². The minimum Gasteiger partial charge on any atom is -0.508 e. The van der Waals surface area contributed by atoms with Crippen LogP contribution in [0.3, 0.4) is 0 Å². The van der Waals surface area contributed by atoms with E-state index < -0.39 is 5.97 Å². The number of rotatable bonds is 6. The first-order chi connectivity index (χ1) is 11.1. The van der Waals surface area contributed by atoms with Crippen LogP contribution in [0.1, 0.15) is 21.5 Å². The third kappa shape index (κ3) is 5.14. The number of aryl methyl sites for hydroxylation is 1. The number of ether oxygens (including phenoxy) is 1. The van der Waals surface area contributed by atoms with Crippen molar-refractivity contribution in [3.8, 4) is 5.75 Å². The summed E-state index contributed by atoms with van der Waals surface area (Å²) in [6.07, 6.45) is 0.727. The van der Waals surface area contributed by atoms with Crippen molar-refractivity contribution in [2.24, 2.45) is 0 Å². The van der Waals surface area contributed by atoms with Gasteiger partial charge in [-0.1, -0.05) is 24.3 Å². The van der Waals surface area contributed by atoms with Gasteiger partial charge < -0.3 is 15.2 Å². The van der Waals surface area contributed by atoms with Crippen LogP contribution in [0.2, 0.25) is 0 Å². The molecule has 120 valence electrons. The molecule has 0 bridgehead atoms. The van der Waals surface area contributed by atoms with Crippen molar-refractivity contribution in [1.82, 2.24) is 5.32 Å². The molecule has 0 radical (unpaired) electrons. The second-order valence-electron chi connectivity index (χ2n) is 5.15. The molecule has 0 aliphatic heterocycles. The lowest BCUT2D eigenvalue weighted by Gasteiger charge is -2.08. The highest BCUT2D eigenvalue weighted by atomic mass is 16.5. The fourth-order valence-electron chi connectivity index (χ4n) is 2.09. The number of esters is 1. The molecule has 0 spiro atoms. The summed E-state index contributed by atoms with van der Waals surface area (Å²) < 4.78 is 4.92. The van der Waals surface area contributed by atoms with Crippen molar-refractivity contribution in [2.75, 3.05) is 13.2 Å². The zero-order chi connectivity index (χ0) is 16.7. The van der Waals surface area contributed by atoms with Crippen LogP contribution < -0.4 is 5.32 Å². The zero-order valence-electron chi connectivity index (χ0n) is 12.9. The van der Waals surface area contributed by atoms with Crippen LogP contribution in [-0.2, 0) is 16.0 Å². The van der Waals surface area contributed by atoms with Crippen LogP contribution in [0.25, 0.3) is 0 Å². The number of aromatic hydroxyl groups is 1. The first kappa shape index (κ1) is 16.5. The standard InChI is InChI=1S/C18H19NO4/c1-13-4-2-3-5-14(13)10-11-19-17(21)12-23-18(22)15-6-8-16(20)9-7-15/h2-9,20H,10-12H2,1H3,(H,19,21). The molecule has 2 aromatic rings. The number of hydrogen-bond donors (Lipinski definition) is 2. The monoisotopic (exact) mass is 313 g/mol. The van der Waals surface area contributed by atoms with Crippen molar-refractivity contribution in [2.45, 2.75) is 13.3 Å². The number of hydrogen-bond acceptors (Lipinski definition) is 4. The van der Waals surface area contributed by atoms with Gasteiger partial charge in [0.25, 0.3) is 5.91 Å². The van der Waals surface area contributed by atoms with Gasteiger partial charge >= 0.3 is 5.97 Å². The molecule has 0 unspecified atom stereocenters. The third-order valence-corrected chi connectivity index (χ3v) is 3.42. The number of amides is 1. The van der Waals surface area contributed by atoms with Crippen molar-refractivity contribution < 1.29 is 19.4 Å². The lowest BCUT2D eigenvalue weighted by Crippen LogP contribution is -2.30. The van der Waals surface area contributed by atoms with Gasteiger partial charge in [0, 0.05) is 6.54 Å². The van der Waals surface area contributed by atoms with Crippen LogP contribution in [0, 0.1) is 6.92 Å². The normalized spacial score (nSPS) is 10.1. The average molecular weight is 313 g/mol. The Morgan fingerprint density at radius 2 is 1.78 bits per heavy atom. The first-order valence-electron chi connectivity index (χ1n) is 7.33. The van der Waals surface area contributed by atoms with E-state index in [-0.39, 0.29) is 23.8 Å². The molecule has 0 aliphatic carbocycles. The van der Waals surface area contributed by atoms with Gasteiger partial charge in [0.2, 0.25) is 0 Å². The lowest BCUT2D eigenvalue weighted by molar-refractivity contribution is -0.124. The van der Waals surface area contributed by atoms with Crippen LogP contribution in [0.4, 0.5) is 0 Å². The Labute approximate surface area is 134 Å². The molecule has 0 atom stereocenters. The third-order valence-electron chi connectivity index (χ3n) is 3.42. The molecule has 0 saturated heterocycles. The Morgan fingerprint density at radius 3 is 2.48 bits per heavy atom. The van der Waals surface area contributed by atoms with Gasteiger partial charge in [0.1, 0.15) is 5.75 Å². The Balaban J connectivity index is 1.72. The maximum Gasteiger partial charge on any atom is 0.338 e. The Morgan fingerprint density at radius 1 is 1.09 bits per heavy atom. The van der Waals surface area contributed by atoms with Crippen LogP contribution >= 0.6 is 0 Å². The van der Waals surface area contributed by atoms with Gasteiger partial charge in [-0.3, -0.25) is 4.79 Å². The van der Waals surface area contributed by atoms with E-state index in [1.165, 1.54) is 35.4 Å². The number of nitrogens with one attached hydrogen (secondary N) is 1. The number of phenolic OH excluding ortho intramolecular Hbond substituents is 1.